The first-order chi connectivity index (χ1) is 16.4. The van der Waals surface area contributed by atoms with Crippen LogP contribution in [0.5, 0.6) is 0 Å². The number of carbonyl (C=O) groups is 1. The Kier molecular flexibility index (Phi) is 7.72. The predicted octanol–water partition coefficient (Wildman–Crippen LogP) is 4.15. The van der Waals surface area contributed by atoms with Crippen molar-refractivity contribution >= 4 is 41.0 Å². The van der Waals surface area contributed by atoms with Crippen LogP contribution in [0.4, 0.5) is 31.9 Å². The number of piperidine rings is 1. The first-order valence-corrected chi connectivity index (χ1v) is 12.5. The van der Waals surface area contributed by atoms with E-state index in [9.17, 15) is 13.6 Å². The fourth-order valence-electron chi connectivity index (χ4n) is 4.34. The Hall–Kier alpha value is -2.66. The quantitative estimate of drug-likeness (QED) is 0.373. The molecule has 0 spiro atoms. The molecule has 11 heteroatoms. The van der Waals surface area contributed by atoms with Gasteiger partial charge < -0.3 is 25.4 Å². The number of nitrogens with one attached hydrogen (secondary N) is 3. The van der Waals surface area contributed by atoms with Gasteiger partial charge in [0.25, 0.3) is 11.8 Å². The van der Waals surface area contributed by atoms with Crippen LogP contribution >= 0.6 is 11.9 Å². The summed E-state index contributed by atoms with van der Waals surface area (Å²) < 4.78 is 32.7. The fraction of sp³-hybridized carbons (Fsp3) is 0.522. The van der Waals surface area contributed by atoms with E-state index in [0.29, 0.717) is 53.9 Å². The molecule has 0 aliphatic carbocycles. The lowest BCUT2D eigenvalue weighted by Crippen LogP contribution is -2.47. The molecule has 1 fully saturated rings. The number of nitrogens with zero attached hydrogens (tertiary/aromatic N) is 3. The van der Waals surface area contributed by atoms with E-state index >= 15 is 0 Å². The number of benzene rings is 1. The second kappa shape index (κ2) is 10.7. The maximum Gasteiger partial charge on any atom is 0.258 e. The van der Waals surface area contributed by atoms with Gasteiger partial charge in [0.1, 0.15) is 5.82 Å². The van der Waals surface area contributed by atoms with E-state index in [1.165, 1.54) is 11.9 Å². The number of aliphatic hydroxyl groups excluding tert-OH is 1. The van der Waals surface area contributed by atoms with E-state index in [-0.39, 0.29) is 32.0 Å². The topological polar surface area (TPSA) is 102 Å². The summed E-state index contributed by atoms with van der Waals surface area (Å²) in [5.41, 5.74) is 2.44. The summed E-state index contributed by atoms with van der Waals surface area (Å²) in [6, 6.07) is 6.97. The van der Waals surface area contributed by atoms with Gasteiger partial charge in [0.2, 0.25) is 5.95 Å². The first kappa shape index (κ1) is 24.5. The lowest BCUT2D eigenvalue weighted by molar-refractivity contribution is -0.0753. The number of amides is 1. The highest BCUT2D eigenvalue weighted by Crippen LogP contribution is 2.39. The lowest BCUT2D eigenvalue weighted by atomic mass is 9.88. The smallest absolute Gasteiger partial charge is 0.258 e. The van der Waals surface area contributed by atoms with Gasteiger partial charge in [-0.25, -0.2) is 13.8 Å². The van der Waals surface area contributed by atoms with Gasteiger partial charge in [-0.1, -0.05) is 18.4 Å². The Morgan fingerprint density at radius 3 is 2.97 bits per heavy atom. The molecule has 2 aliphatic heterocycles. The summed E-state index contributed by atoms with van der Waals surface area (Å²) >= 11 is 1.34. The van der Waals surface area contributed by atoms with Gasteiger partial charge in [-0.15, -0.1) is 0 Å². The number of halogens is 2. The van der Waals surface area contributed by atoms with Crippen LogP contribution in [0, 0.1) is 12.8 Å². The molecule has 1 aromatic heterocycles. The Bertz CT molecular complexity index is 1020. The van der Waals surface area contributed by atoms with Crippen molar-refractivity contribution in [3.63, 3.8) is 0 Å². The third-order valence-corrected chi connectivity index (χ3v) is 6.84. The summed E-state index contributed by atoms with van der Waals surface area (Å²) in [6.07, 6.45) is 1.53. The number of aromatic nitrogens is 2. The number of hydrogen-bond donors (Lipinski definition) is 4. The number of alkyl halides is 2. The molecule has 2 aromatic rings. The van der Waals surface area contributed by atoms with Gasteiger partial charge in [-0.3, -0.25) is 4.79 Å². The van der Waals surface area contributed by atoms with Crippen molar-refractivity contribution in [3.05, 3.63) is 35.5 Å². The molecular formula is C23H30F2N6O2S. The zero-order chi connectivity index (χ0) is 24.1. The Balaban J connectivity index is 1.70. The molecule has 4 rings (SSSR count). The number of hydrogen-bond acceptors (Lipinski definition) is 8. The highest BCUT2D eigenvalue weighted by Gasteiger charge is 2.44. The maximum atomic E-state index is 14.8. The zero-order valence-corrected chi connectivity index (χ0v) is 19.9. The average molecular weight is 493 g/mol. The van der Waals surface area contributed by atoms with Crippen molar-refractivity contribution in [2.45, 2.75) is 38.5 Å². The van der Waals surface area contributed by atoms with Crippen molar-refractivity contribution in [2.75, 3.05) is 52.2 Å². The molecule has 0 saturated carbocycles. The van der Waals surface area contributed by atoms with Gasteiger partial charge in [-0.2, -0.15) is 4.98 Å². The molecule has 1 aromatic carbocycles. The van der Waals surface area contributed by atoms with Crippen LogP contribution in [0.1, 0.15) is 41.7 Å². The minimum Gasteiger partial charge on any atom is -0.395 e. The second-order valence-corrected chi connectivity index (χ2v) is 9.56. The van der Waals surface area contributed by atoms with E-state index in [1.807, 2.05) is 17.9 Å². The number of carbonyl (C=O) groups excluding carboxylic acids is 1. The molecule has 4 N–H and O–H groups in total. The predicted molar refractivity (Wildman–Crippen MR) is 132 cm³/mol. The zero-order valence-electron chi connectivity index (χ0n) is 19.1. The van der Waals surface area contributed by atoms with Gasteiger partial charge in [0, 0.05) is 55.2 Å². The van der Waals surface area contributed by atoms with Crippen molar-refractivity contribution in [3.8, 4) is 0 Å². The summed E-state index contributed by atoms with van der Waals surface area (Å²) in [4.78, 5) is 23.9. The number of aliphatic hydroxyl groups is 1. The Labute approximate surface area is 202 Å². The number of fused-ring (bicyclic) bond motifs is 6. The molecule has 34 heavy (non-hydrogen) atoms. The third kappa shape index (κ3) is 5.87. The van der Waals surface area contributed by atoms with E-state index in [2.05, 4.69) is 25.3 Å². The van der Waals surface area contributed by atoms with Crippen molar-refractivity contribution in [1.29, 1.82) is 0 Å². The van der Waals surface area contributed by atoms with Crippen LogP contribution in [0.25, 0.3) is 0 Å². The van der Waals surface area contributed by atoms with Gasteiger partial charge in [-0.05, 0) is 38.0 Å². The number of rotatable bonds is 4. The highest BCUT2D eigenvalue weighted by molar-refractivity contribution is 8.00. The van der Waals surface area contributed by atoms with E-state index in [0.717, 1.165) is 12.1 Å². The molecule has 0 unspecified atom stereocenters. The van der Waals surface area contributed by atoms with Gasteiger partial charge >= 0.3 is 0 Å². The van der Waals surface area contributed by atoms with Crippen LogP contribution in [-0.4, -0.2) is 58.9 Å². The van der Waals surface area contributed by atoms with Crippen molar-refractivity contribution < 1.29 is 18.7 Å². The van der Waals surface area contributed by atoms with Crippen LogP contribution in [0.15, 0.2) is 24.3 Å². The summed E-state index contributed by atoms with van der Waals surface area (Å²) in [5, 5.41) is 15.0. The van der Waals surface area contributed by atoms with Crippen LogP contribution in [0.2, 0.25) is 0 Å². The SMILES string of the molecule is Cc1cc2nc(n1)NCCCC[C@@H]1CN(CCC1(F)F)c1cc(NSCCO)ccc1C(=O)N2. The molecule has 0 radical (unpaired) electrons. The van der Waals surface area contributed by atoms with Crippen LogP contribution in [0.3, 0.4) is 0 Å². The molecule has 8 nitrogen and oxygen atoms in total. The molecule has 1 atom stereocenters. The number of anilines is 4. The molecule has 184 valence electrons. The molecule has 1 amide bonds. The van der Waals surface area contributed by atoms with E-state index in [1.54, 1.807) is 18.2 Å². The highest BCUT2D eigenvalue weighted by atomic mass is 32.2. The van der Waals surface area contributed by atoms with Crippen LogP contribution in [-0.2, 0) is 0 Å². The molecule has 2 aliphatic rings. The van der Waals surface area contributed by atoms with E-state index < -0.39 is 11.8 Å². The van der Waals surface area contributed by atoms with Gasteiger partial charge in [0.15, 0.2) is 0 Å². The van der Waals surface area contributed by atoms with Crippen molar-refractivity contribution in [2.24, 2.45) is 5.92 Å². The molecule has 1 saturated heterocycles. The Morgan fingerprint density at radius 1 is 1.29 bits per heavy atom. The largest absolute Gasteiger partial charge is 0.395 e. The average Bonchev–Trinajstić information content (AvgIpc) is 2.79. The standard InChI is InChI=1S/C23H30F2N6O2S/c1-15-12-20-28-21(33)18-6-5-17(30-34-11-10-32)13-19(18)31-9-7-23(24,25)16(14-31)4-2-3-8-26-22(27-15)29-20/h5-6,12-13,16,30,32H,2-4,7-11,14H2,1H3,(H2,26,27,28,29,33)/t16-/m1/s1. The van der Waals surface area contributed by atoms with Crippen molar-refractivity contribution in [1.82, 2.24) is 9.97 Å². The minimum absolute atomic E-state index is 0.0308. The maximum absolute atomic E-state index is 14.8. The van der Waals surface area contributed by atoms with E-state index in [4.69, 9.17) is 5.11 Å². The van der Waals surface area contributed by atoms with Gasteiger partial charge in [0.05, 0.1) is 17.9 Å². The number of aryl methyl sites for hydroxylation is 1. The summed E-state index contributed by atoms with van der Waals surface area (Å²) in [7, 11) is 0. The summed E-state index contributed by atoms with van der Waals surface area (Å²) in [6.45, 7) is 2.77. The van der Waals surface area contributed by atoms with Crippen LogP contribution < -0.4 is 20.3 Å². The molecule has 4 bridgehead atoms. The second-order valence-electron chi connectivity index (χ2n) is 8.65. The molecule has 3 heterocycles. The third-order valence-electron chi connectivity index (χ3n) is 6.08. The molecular weight excluding hydrogens is 462 g/mol. The summed E-state index contributed by atoms with van der Waals surface area (Å²) in [5.74, 6) is -2.61. The first-order valence-electron chi connectivity index (χ1n) is 11.5. The fourth-order valence-corrected chi connectivity index (χ4v) is 4.83. The minimum atomic E-state index is -2.74. The lowest BCUT2D eigenvalue weighted by Gasteiger charge is -2.40. The Morgan fingerprint density at radius 2 is 2.15 bits per heavy atom. The monoisotopic (exact) mass is 492 g/mol. The normalized spacial score (nSPS) is 20.3.